The number of amides is 1. The Labute approximate surface area is 171 Å². The van der Waals surface area contributed by atoms with Gasteiger partial charge >= 0.3 is 0 Å². The standard InChI is InChI=1S/C20H20ClF2N3O3/c1-11-17(23)18(26(2)25-11)15(27)6-19-8-20(9-19,10-19)24-16(28)7-29-12-3-4-13(21)14(22)5-12/h3-5H,6-10H2,1-2H3,(H,24,28). The van der Waals surface area contributed by atoms with Crippen LogP contribution in [0, 0.1) is 24.0 Å². The lowest BCUT2D eigenvalue weighted by molar-refractivity contribution is -0.164. The molecule has 1 aromatic heterocycles. The van der Waals surface area contributed by atoms with Crippen LogP contribution in [0.15, 0.2) is 18.2 Å². The Morgan fingerprint density at radius 3 is 2.59 bits per heavy atom. The summed E-state index contributed by atoms with van der Waals surface area (Å²) < 4.78 is 34.1. The average Bonchev–Trinajstić information content (AvgIpc) is 2.85. The maximum Gasteiger partial charge on any atom is 0.258 e. The lowest BCUT2D eigenvalue weighted by Gasteiger charge is -2.70. The second kappa shape index (κ2) is 6.79. The summed E-state index contributed by atoms with van der Waals surface area (Å²) in [5.41, 5.74) is -0.297. The predicted octanol–water partition coefficient (Wildman–Crippen LogP) is 3.35. The third-order valence-electron chi connectivity index (χ3n) is 5.75. The van der Waals surface area contributed by atoms with Gasteiger partial charge in [-0.2, -0.15) is 5.10 Å². The van der Waals surface area contributed by atoms with E-state index >= 15 is 0 Å². The van der Waals surface area contributed by atoms with E-state index in [0.717, 1.165) is 6.07 Å². The summed E-state index contributed by atoms with van der Waals surface area (Å²) in [6.45, 7) is 1.28. The van der Waals surface area contributed by atoms with E-state index in [4.69, 9.17) is 16.3 Å². The second-order valence-electron chi connectivity index (χ2n) is 8.19. The van der Waals surface area contributed by atoms with Gasteiger partial charge in [-0.05, 0) is 43.7 Å². The van der Waals surface area contributed by atoms with Gasteiger partial charge in [0, 0.05) is 25.1 Å². The van der Waals surface area contributed by atoms with Crippen molar-refractivity contribution in [3.05, 3.63) is 46.2 Å². The largest absolute Gasteiger partial charge is 0.484 e. The summed E-state index contributed by atoms with van der Waals surface area (Å²) in [7, 11) is 1.56. The highest BCUT2D eigenvalue weighted by atomic mass is 35.5. The van der Waals surface area contributed by atoms with Gasteiger partial charge in [0.15, 0.2) is 18.2 Å². The van der Waals surface area contributed by atoms with E-state index in [1.165, 1.54) is 23.7 Å². The van der Waals surface area contributed by atoms with E-state index in [1.807, 2.05) is 0 Å². The minimum absolute atomic E-state index is 0.00825. The number of rotatable bonds is 7. The van der Waals surface area contributed by atoms with Crippen LogP contribution < -0.4 is 10.1 Å². The number of halogens is 3. The van der Waals surface area contributed by atoms with Crippen LogP contribution in [0.2, 0.25) is 5.02 Å². The molecule has 154 valence electrons. The van der Waals surface area contributed by atoms with Crippen molar-refractivity contribution in [2.75, 3.05) is 6.61 Å². The van der Waals surface area contributed by atoms with Gasteiger partial charge in [-0.15, -0.1) is 0 Å². The molecule has 2 aromatic rings. The molecular formula is C20H20ClF2N3O3. The van der Waals surface area contributed by atoms with E-state index in [1.54, 1.807) is 7.05 Å². The molecule has 0 saturated heterocycles. The highest BCUT2D eigenvalue weighted by Gasteiger charge is 2.68. The zero-order chi connectivity index (χ0) is 21.0. The van der Waals surface area contributed by atoms with Crippen molar-refractivity contribution in [2.45, 2.75) is 38.1 Å². The number of aryl methyl sites for hydroxylation is 2. The molecule has 9 heteroatoms. The van der Waals surface area contributed by atoms with Gasteiger partial charge < -0.3 is 10.1 Å². The molecule has 1 aromatic carbocycles. The summed E-state index contributed by atoms with van der Waals surface area (Å²) in [6.07, 6.45) is 2.25. The number of Topliss-reactive ketones (excluding diaryl/α,β-unsaturated/α-hetero) is 1. The Balaban J connectivity index is 1.27. The van der Waals surface area contributed by atoms with E-state index in [2.05, 4.69) is 10.4 Å². The Morgan fingerprint density at radius 2 is 2.00 bits per heavy atom. The molecule has 0 aliphatic heterocycles. The molecule has 29 heavy (non-hydrogen) atoms. The molecule has 0 atom stereocenters. The molecular weight excluding hydrogens is 404 g/mol. The van der Waals surface area contributed by atoms with Gasteiger partial charge in [0.2, 0.25) is 0 Å². The van der Waals surface area contributed by atoms with E-state index in [-0.39, 0.29) is 57.8 Å². The molecule has 3 aliphatic carbocycles. The summed E-state index contributed by atoms with van der Waals surface area (Å²) in [6, 6.07) is 3.97. The van der Waals surface area contributed by atoms with Gasteiger partial charge in [-0.1, -0.05) is 11.6 Å². The Morgan fingerprint density at radius 1 is 1.31 bits per heavy atom. The zero-order valence-electron chi connectivity index (χ0n) is 16.0. The minimum Gasteiger partial charge on any atom is -0.484 e. The van der Waals surface area contributed by atoms with Crippen LogP contribution in [0.25, 0.3) is 0 Å². The van der Waals surface area contributed by atoms with Crippen LogP contribution in [0.5, 0.6) is 5.75 Å². The van der Waals surface area contributed by atoms with Crippen molar-refractivity contribution >= 4 is 23.3 Å². The van der Waals surface area contributed by atoms with E-state index < -0.39 is 11.6 Å². The first kappa shape index (κ1) is 19.8. The van der Waals surface area contributed by atoms with Crippen LogP contribution in [0.4, 0.5) is 8.78 Å². The SMILES string of the molecule is Cc1nn(C)c(C(=O)CC23CC(NC(=O)COc4ccc(Cl)c(F)c4)(C2)C3)c1F. The average molecular weight is 424 g/mol. The summed E-state index contributed by atoms with van der Waals surface area (Å²) in [4.78, 5) is 24.7. The van der Waals surface area contributed by atoms with Gasteiger partial charge in [0.1, 0.15) is 17.3 Å². The fourth-order valence-electron chi connectivity index (χ4n) is 4.73. The molecule has 0 unspecified atom stereocenters. The number of hydrogen-bond donors (Lipinski definition) is 1. The normalized spacial score (nSPS) is 24.4. The summed E-state index contributed by atoms with van der Waals surface area (Å²) in [5.74, 6) is -1.54. The lowest BCUT2D eigenvalue weighted by atomic mass is 9.38. The van der Waals surface area contributed by atoms with Crippen molar-refractivity contribution in [1.29, 1.82) is 0 Å². The number of benzene rings is 1. The maximum atomic E-state index is 14.1. The second-order valence-corrected chi connectivity index (χ2v) is 8.60. The molecule has 3 fully saturated rings. The molecule has 0 spiro atoms. The monoisotopic (exact) mass is 423 g/mol. The molecule has 5 rings (SSSR count). The maximum absolute atomic E-state index is 14.1. The summed E-state index contributed by atoms with van der Waals surface area (Å²) >= 11 is 5.61. The van der Waals surface area contributed by atoms with Crippen LogP contribution in [0.3, 0.4) is 0 Å². The Bertz CT molecular complexity index is 1000. The number of hydrogen-bond acceptors (Lipinski definition) is 4. The van der Waals surface area contributed by atoms with Crippen molar-refractivity contribution in [2.24, 2.45) is 12.5 Å². The quantitative estimate of drug-likeness (QED) is 0.693. The topological polar surface area (TPSA) is 73.2 Å². The van der Waals surface area contributed by atoms with Crippen molar-refractivity contribution in [1.82, 2.24) is 15.1 Å². The smallest absolute Gasteiger partial charge is 0.258 e. The fourth-order valence-corrected chi connectivity index (χ4v) is 4.84. The number of ether oxygens (including phenoxy) is 1. The van der Waals surface area contributed by atoms with Gasteiger partial charge in [0.05, 0.1) is 10.7 Å². The first-order valence-corrected chi connectivity index (χ1v) is 9.61. The molecule has 6 nitrogen and oxygen atoms in total. The number of nitrogens with one attached hydrogen (secondary N) is 1. The molecule has 1 N–H and O–H groups in total. The van der Waals surface area contributed by atoms with Crippen molar-refractivity contribution in [3.8, 4) is 5.75 Å². The van der Waals surface area contributed by atoms with Gasteiger partial charge in [-0.3, -0.25) is 14.3 Å². The summed E-state index contributed by atoms with van der Waals surface area (Å²) in [5, 5.41) is 6.86. The molecule has 1 amide bonds. The van der Waals surface area contributed by atoms with Gasteiger partial charge in [-0.25, -0.2) is 8.78 Å². The van der Waals surface area contributed by atoms with E-state index in [0.29, 0.717) is 19.3 Å². The van der Waals surface area contributed by atoms with Crippen LogP contribution in [0.1, 0.15) is 41.9 Å². The number of nitrogens with zero attached hydrogens (tertiary/aromatic N) is 2. The Hall–Kier alpha value is -2.48. The minimum atomic E-state index is -0.615. The zero-order valence-corrected chi connectivity index (χ0v) is 16.8. The van der Waals surface area contributed by atoms with Crippen molar-refractivity contribution < 1.29 is 23.1 Å². The third kappa shape index (κ3) is 3.50. The van der Waals surface area contributed by atoms with Gasteiger partial charge in [0.25, 0.3) is 5.91 Å². The molecule has 1 heterocycles. The van der Waals surface area contributed by atoms with Crippen LogP contribution >= 0.6 is 11.6 Å². The molecule has 3 saturated carbocycles. The number of ketones is 1. The van der Waals surface area contributed by atoms with E-state index in [9.17, 15) is 18.4 Å². The Kier molecular flexibility index (Phi) is 4.64. The predicted molar refractivity (Wildman–Crippen MR) is 101 cm³/mol. The first-order valence-electron chi connectivity index (χ1n) is 9.23. The molecule has 2 bridgehead atoms. The van der Waals surface area contributed by atoms with Crippen LogP contribution in [-0.4, -0.2) is 33.6 Å². The van der Waals surface area contributed by atoms with Crippen LogP contribution in [-0.2, 0) is 11.8 Å². The first-order chi connectivity index (χ1) is 13.6. The highest BCUT2D eigenvalue weighted by molar-refractivity contribution is 6.30. The number of carbonyl (C=O) groups excluding carboxylic acids is 2. The number of carbonyl (C=O) groups is 2. The fraction of sp³-hybridized carbons (Fsp3) is 0.450. The molecule has 3 aliphatic rings. The third-order valence-corrected chi connectivity index (χ3v) is 6.06. The highest BCUT2D eigenvalue weighted by Crippen LogP contribution is 2.69. The lowest BCUT2D eigenvalue weighted by Crippen LogP contribution is -2.75. The van der Waals surface area contributed by atoms with Crippen molar-refractivity contribution in [3.63, 3.8) is 0 Å². The number of aromatic nitrogens is 2. The molecule has 0 radical (unpaired) electrons.